The Labute approximate surface area is 100 Å². The lowest BCUT2D eigenvalue weighted by atomic mass is 9.95. The standard InChI is InChI=1S/C13H16FN3/c1-13(8-16,10-3-4-10)17-12-5-2-9(7-15)6-11(12)14/h2,5-6,10,17H,3-4,8,16H2,1H3. The highest BCUT2D eigenvalue weighted by atomic mass is 19.1. The second kappa shape index (κ2) is 4.34. The first-order valence-corrected chi connectivity index (χ1v) is 5.77. The van der Waals surface area contributed by atoms with Crippen LogP contribution in [0.5, 0.6) is 0 Å². The number of nitriles is 1. The Hall–Kier alpha value is -1.60. The molecule has 0 aliphatic heterocycles. The molecule has 1 aliphatic rings. The van der Waals surface area contributed by atoms with E-state index in [1.165, 1.54) is 6.07 Å². The van der Waals surface area contributed by atoms with Crippen molar-refractivity contribution in [1.29, 1.82) is 5.26 Å². The topological polar surface area (TPSA) is 61.8 Å². The minimum atomic E-state index is -0.399. The fourth-order valence-electron chi connectivity index (χ4n) is 2.03. The fourth-order valence-corrected chi connectivity index (χ4v) is 2.03. The Bertz CT molecular complexity index is 462. The largest absolute Gasteiger partial charge is 0.376 e. The van der Waals surface area contributed by atoms with Crippen molar-refractivity contribution < 1.29 is 4.39 Å². The maximum atomic E-state index is 13.7. The molecule has 17 heavy (non-hydrogen) atoms. The van der Waals surface area contributed by atoms with Crippen LogP contribution >= 0.6 is 0 Å². The molecule has 1 fully saturated rings. The summed E-state index contributed by atoms with van der Waals surface area (Å²) in [6.07, 6.45) is 2.27. The molecule has 1 aliphatic carbocycles. The zero-order valence-electron chi connectivity index (χ0n) is 9.83. The number of nitrogens with one attached hydrogen (secondary N) is 1. The summed E-state index contributed by atoms with van der Waals surface area (Å²) < 4.78 is 13.7. The van der Waals surface area contributed by atoms with Gasteiger partial charge in [0, 0.05) is 12.1 Å². The predicted molar refractivity (Wildman–Crippen MR) is 64.9 cm³/mol. The van der Waals surface area contributed by atoms with Crippen molar-refractivity contribution in [3.8, 4) is 6.07 Å². The molecule has 0 spiro atoms. The van der Waals surface area contributed by atoms with Gasteiger partial charge in [0.25, 0.3) is 0 Å². The summed E-state index contributed by atoms with van der Waals surface area (Å²) in [6, 6.07) is 6.36. The van der Waals surface area contributed by atoms with E-state index in [0.717, 1.165) is 12.8 Å². The molecular weight excluding hydrogens is 217 g/mol. The van der Waals surface area contributed by atoms with Crippen LogP contribution in [0.15, 0.2) is 18.2 Å². The van der Waals surface area contributed by atoms with Gasteiger partial charge in [0.15, 0.2) is 0 Å². The van der Waals surface area contributed by atoms with E-state index in [2.05, 4.69) is 5.32 Å². The molecule has 3 N–H and O–H groups in total. The Balaban J connectivity index is 2.21. The Morgan fingerprint density at radius 2 is 2.29 bits per heavy atom. The molecule has 0 bridgehead atoms. The third kappa shape index (κ3) is 2.40. The highest BCUT2D eigenvalue weighted by molar-refractivity contribution is 5.51. The van der Waals surface area contributed by atoms with Gasteiger partial charge in [0.2, 0.25) is 0 Å². The number of hydrogen-bond acceptors (Lipinski definition) is 3. The van der Waals surface area contributed by atoms with E-state index < -0.39 is 5.82 Å². The Morgan fingerprint density at radius 3 is 2.76 bits per heavy atom. The number of nitrogens with zero attached hydrogens (tertiary/aromatic N) is 1. The van der Waals surface area contributed by atoms with Crippen LogP contribution in [0.25, 0.3) is 0 Å². The first-order chi connectivity index (χ1) is 8.09. The summed E-state index contributed by atoms with van der Waals surface area (Å²) in [5.41, 5.74) is 6.26. The summed E-state index contributed by atoms with van der Waals surface area (Å²) in [4.78, 5) is 0. The number of nitrogens with two attached hydrogens (primary N) is 1. The van der Waals surface area contributed by atoms with Gasteiger partial charge in [-0.05, 0) is 43.9 Å². The average molecular weight is 233 g/mol. The van der Waals surface area contributed by atoms with E-state index in [1.54, 1.807) is 12.1 Å². The van der Waals surface area contributed by atoms with E-state index in [0.29, 0.717) is 23.7 Å². The van der Waals surface area contributed by atoms with Crippen molar-refractivity contribution in [2.45, 2.75) is 25.3 Å². The summed E-state index contributed by atoms with van der Waals surface area (Å²) in [5.74, 6) is 0.118. The zero-order chi connectivity index (χ0) is 12.5. The van der Waals surface area contributed by atoms with Gasteiger partial charge in [-0.25, -0.2) is 4.39 Å². The highest BCUT2D eigenvalue weighted by Crippen LogP contribution is 2.41. The number of anilines is 1. The van der Waals surface area contributed by atoms with Crippen LogP contribution in [0.2, 0.25) is 0 Å². The lowest BCUT2D eigenvalue weighted by Crippen LogP contribution is -2.44. The molecular formula is C13H16FN3. The first-order valence-electron chi connectivity index (χ1n) is 5.77. The Morgan fingerprint density at radius 1 is 1.59 bits per heavy atom. The first kappa shape index (κ1) is 11.9. The molecule has 1 atom stereocenters. The lowest BCUT2D eigenvalue weighted by molar-refractivity contribution is 0.455. The van der Waals surface area contributed by atoms with Crippen LogP contribution in [-0.2, 0) is 0 Å². The minimum absolute atomic E-state index is 0.255. The maximum Gasteiger partial charge on any atom is 0.147 e. The van der Waals surface area contributed by atoms with Gasteiger partial charge in [0.1, 0.15) is 5.82 Å². The molecule has 0 aromatic heterocycles. The molecule has 0 amide bonds. The predicted octanol–water partition coefficient (Wildman–Crippen LogP) is 2.24. The van der Waals surface area contributed by atoms with Gasteiger partial charge in [0.05, 0.1) is 17.3 Å². The third-order valence-electron chi connectivity index (χ3n) is 3.42. The third-order valence-corrected chi connectivity index (χ3v) is 3.42. The van der Waals surface area contributed by atoms with E-state index >= 15 is 0 Å². The second-order valence-electron chi connectivity index (χ2n) is 4.83. The van der Waals surface area contributed by atoms with Gasteiger partial charge in [-0.1, -0.05) is 0 Å². The van der Waals surface area contributed by atoms with Gasteiger partial charge >= 0.3 is 0 Å². The van der Waals surface area contributed by atoms with Gasteiger partial charge < -0.3 is 11.1 Å². The van der Waals surface area contributed by atoms with E-state index in [9.17, 15) is 4.39 Å². The molecule has 90 valence electrons. The molecule has 0 heterocycles. The number of hydrogen-bond donors (Lipinski definition) is 2. The van der Waals surface area contributed by atoms with Crippen LogP contribution < -0.4 is 11.1 Å². The molecule has 2 rings (SSSR count). The summed E-state index contributed by atoms with van der Waals surface area (Å²) in [5, 5.41) is 11.9. The molecule has 1 aromatic carbocycles. The van der Waals surface area contributed by atoms with E-state index in [1.807, 2.05) is 13.0 Å². The normalized spacial score (nSPS) is 18.2. The van der Waals surface area contributed by atoms with E-state index in [4.69, 9.17) is 11.0 Å². The number of halogens is 1. The Kier molecular flexibility index (Phi) is 3.03. The number of rotatable bonds is 4. The molecule has 1 aromatic rings. The average Bonchev–Trinajstić information content (AvgIpc) is 3.16. The SMILES string of the molecule is CC(CN)(Nc1ccc(C#N)cc1F)C1CC1. The zero-order valence-corrected chi connectivity index (χ0v) is 9.83. The smallest absolute Gasteiger partial charge is 0.147 e. The van der Waals surface area contributed by atoms with Crippen molar-refractivity contribution in [3.05, 3.63) is 29.6 Å². The quantitative estimate of drug-likeness (QED) is 0.838. The second-order valence-corrected chi connectivity index (χ2v) is 4.83. The number of benzene rings is 1. The lowest BCUT2D eigenvalue weighted by Gasteiger charge is -2.31. The monoisotopic (exact) mass is 233 g/mol. The summed E-state index contributed by atoms with van der Waals surface area (Å²) in [7, 11) is 0. The fraction of sp³-hybridized carbons (Fsp3) is 0.462. The molecule has 0 saturated heterocycles. The van der Waals surface area contributed by atoms with Gasteiger partial charge in [-0.2, -0.15) is 5.26 Å². The molecule has 4 heteroatoms. The molecule has 0 radical (unpaired) electrons. The van der Waals surface area contributed by atoms with Crippen LogP contribution in [0.1, 0.15) is 25.3 Å². The van der Waals surface area contributed by atoms with Crippen LogP contribution in [0.3, 0.4) is 0 Å². The van der Waals surface area contributed by atoms with E-state index in [-0.39, 0.29) is 5.54 Å². The van der Waals surface area contributed by atoms with Crippen LogP contribution in [0.4, 0.5) is 10.1 Å². The van der Waals surface area contributed by atoms with Crippen LogP contribution in [0, 0.1) is 23.1 Å². The van der Waals surface area contributed by atoms with Crippen molar-refractivity contribution in [2.75, 3.05) is 11.9 Å². The van der Waals surface area contributed by atoms with Crippen molar-refractivity contribution >= 4 is 5.69 Å². The highest BCUT2D eigenvalue weighted by Gasteiger charge is 2.40. The van der Waals surface area contributed by atoms with Crippen molar-refractivity contribution in [3.63, 3.8) is 0 Å². The minimum Gasteiger partial charge on any atom is -0.376 e. The summed E-state index contributed by atoms with van der Waals surface area (Å²) in [6.45, 7) is 2.49. The van der Waals surface area contributed by atoms with Crippen molar-refractivity contribution in [2.24, 2.45) is 11.7 Å². The van der Waals surface area contributed by atoms with Gasteiger partial charge in [-0.3, -0.25) is 0 Å². The summed E-state index contributed by atoms with van der Waals surface area (Å²) >= 11 is 0. The van der Waals surface area contributed by atoms with Gasteiger partial charge in [-0.15, -0.1) is 0 Å². The van der Waals surface area contributed by atoms with Crippen LogP contribution in [-0.4, -0.2) is 12.1 Å². The van der Waals surface area contributed by atoms with Crippen molar-refractivity contribution in [1.82, 2.24) is 0 Å². The molecule has 1 saturated carbocycles. The maximum absolute atomic E-state index is 13.7. The molecule has 1 unspecified atom stereocenters. The molecule has 3 nitrogen and oxygen atoms in total.